The molecule has 7 aromatic carbocycles. The van der Waals surface area contributed by atoms with Gasteiger partial charge < -0.3 is 29.5 Å². The zero-order valence-corrected chi connectivity index (χ0v) is 43.3. The van der Waals surface area contributed by atoms with E-state index < -0.39 is 65.4 Å². The van der Waals surface area contributed by atoms with Gasteiger partial charge in [-0.15, -0.1) is 0 Å². The molecule has 2 saturated heterocycles. The maximum atomic E-state index is 17.0. The minimum atomic E-state index is -2.02. The molecule has 13 nitrogen and oxygen atoms in total. The number of carbonyl (C=O) groups excluding carboxylic acids is 4. The first kappa shape index (κ1) is 50.5. The average Bonchev–Trinajstić information content (AvgIpc) is 3.57. The lowest BCUT2D eigenvalue weighted by Gasteiger charge is -2.46. The molecule has 0 saturated carbocycles. The van der Waals surface area contributed by atoms with Gasteiger partial charge in [0.05, 0.1) is 50.5 Å². The summed E-state index contributed by atoms with van der Waals surface area (Å²) in [6, 6.07) is 49.9. The Balaban J connectivity index is 1.15. The van der Waals surface area contributed by atoms with Crippen molar-refractivity contribution in [2.45, 2.75) is 62.1 Å². The van der Waals surface area contributed by atoms with Crippen molar-refractivity contribution in [1.82, 2.24) is 20.0 Å². The van der Waals surface area contributed by atoms with E-state index in [9.17, 15) is 5.11 Å². The van der Waals surface area contributed by atoms with Gasteiger partial charge in [0.25, 0.3) is 0 Å². The number of carbonyl (C=O) groups is 4. The summed E-state index contributed by atoms with van der Waals surface area (Å²) in [4.78, 5) is 71.7. The number of amides is 4. The second-order valence-corrected chi connectivity index (χ2v) is 20.3. The molecule has 11 rings (SSSR count). The predicted octanol–water partition coefficient (Wildman–Crippen LogP) is 9.61. The number of methoxy groups -OCH3 is 2. The van der Waals surface area contributed by atoms with Crippen molar-refractivity contribution in [1.29, 1.82) is 0 Å². The van der Waals surface area contributed by atoms with E-state index in [0.717, 1.165) is 32.7 Å². The summed E-state index contributed by atoms with van der Waals surface area (Å²) in [5.41, 5.74) is 4.91. The van der Waals surface area contributed by atoms with Gasteiger partial charge in [-0.05, 0) is 107 Å². The van der Waals surface area contributed by atoms with Crippen LogP contribution in [0.25, 0.3) is 0 Å². The molecule has 4 amide bonds. The number of morpholine rings is 1. The van der Waals surface area contributed by atoms with Crippen LogP contribution < -0.4 is 19.7 Å². The standard InChI is InChI=1S/C64H59N5O8/c1-41(44-21-11-6-12-22-44)65-63(74)68-52-32-27-42(20-17-34-66(2)39-43-18-9-5-10-19-43)36-51(52)64(62(68)73)55(60(71)67-35-33-48-37-53(75-3)54(76-4)38-49(48)40-67)57-61(72)77-58(46-25-15-8-16-26-46)56(45-23-13-7-14-24-45)69(57)59(64)47-28-30-50(70)31-29-47/h5-16,18-19,21-32,36-38,41,55-59,70H,33-35,39-40H2,1-4H3,(H,65,74)/t41-,55+,56+,57+,58-,59-,64+/m1/s1. The number of fused-ring (bicyclic) bond motifs is 4. The molecule has 1 spiro atoms. The van der Waals surface area contributed by atoms with Gasteiger partial charge in [0.2, 0.25) is 11.8 Å². The number of imide groups is 1. The number of aromatic hydroxyl groups is 1. The first-order valence-corrected chi connectivity index (χ1v) is 25.9. The van der Waals surface area contributed by atoms with Crippen molar-refractivity contribution in [3.05, 3.63) is 226 Å². The number of rotatable bonds is 11. The molecule has 77 heavy (non-hydrogen) atoms. The smallest absolute Gasteiger partial charge is 0.329 e. The number of hydrogen-bond donors (Lipinski definition) is 2. The summed E-state index contributed by atoms with van der Waals surface area (Å²) in [6.07, 6.45) is -0.469. The number of anilines is 1. The Morgan fingerprint density at radius 2 is 1.39 bits per heavy atom. The van der Waals surface area contributed by atoms with Gasteiger partial charge in [0.1, 0.15) is 23.3 Å². The van der Waals surface area contributed by atoms with Gasteiger partial charge in [-0.3, -0.25) is 24.2 Å². The second kappa shape index (κ2) is 21.1. The number of nitrogens with zero attached hydrogens (tertiary/aromatic N) is 4. The van der Waals surface area contributed by atoms with Crippen LogP contribution in [0, 0.1) is 17.8 Å². The fraction of sp³-hybridized carbons (Fsp3) is 0.250. The lowest BCUT2D eigenvalue weighted by atomic mass is 9.64. The predicted molar refractivity (Wildman–Crippen MR) is 292 cm³/mol. The van der Waals surface area contributed by atoms with E-state index in [1.165, 1.54) is 0 Å². The molecule has 2 N–H and O–H groups in total. The van der Waals surface area contributed by atoms with Crippen molar-refractivity contribution >= 4 is 29.5 Å². The molecule has 0 bridgehead atoms. The number of cyclic esters (lactones) is 1. The number of nitrogens with one attached hydrogen (secondary N) is 1. The van der Waals surface area contributed by atoms with Gasteiger partial charge in [0.15, 0.2) is 11.5 Å². The Bertz CT molecular complexity index is 3410. The molecule has 7 atom stereocenters. The number of phenolic OH excluding ortho intramolecular Hbond substituents is 1. The fourth-order valence-electron chi connectivity index (χ4n) is 12.2. The molecular weight excluding hydrogens is 967 g/mol. The highest BCUT2D eigenvalue weighted by Crippen LogP contribution is 2.66. The van der Waals surface area contributed by atoms with Gasteiger partial charge in [-0.25, -0.2) is 9.69 Å². The molecule has 7 aromatic rings. The molecule has 4 heterocycles. The van der Waals surface area contributed by atoms with Crippen LogP contribution in [-0.4, -0.2) is 84.0 Å². The lowest BCUT2D eigenvalue weighted by Crippen LogP contribution is -2.57. The highest BCUT2D eigenvalue weighted by Gasteiger charge is 2.76. The molecular formula is C64H59N5O8. The van der Waals surface area contributed by atoms with Crippen molar-refractivity contribution in [2.75, 3.05) is 39.3 Å². The number of benzene rings is 7. The summed E-state index contributed by atoms with van der Waals surface area (Å²) >= 11 is 0. The van der Waals surface area contributed by atoms with E-state index in [4.69, 9.17) is 14.2 Å². The quantitative estimate of drug-likeness (QED) is 0.0951. The molecule has 4 aliphatic heterocycles. The largest absolute Gasteiger partial charge is 0.508 e. The van der Waals surface area contributed by atoms with Crippen LogP contribution in [0.3, 0.4) is 0 Å². The van der Waals surface area contributed by atoms with Gasteiger partial charge in [-0.1, -0.05) is 145 Å². The van der Waals surface area contributed by atoms with Crippen LogP contribution in [-0.2, 0) is 44.0 Å². The number of urea groups is 1. The second-order valence-electron chi connectivity index (χ2n) is 20.3. The molecule has 4 aliphatic rings. The summed E-state index contributed by atoms with van der Waals surface area (Å²) < 4.78 is 18.1. The summed E-state index contributed by atoms with van der Waals surface area (Å²) in [7, 11) is 5.13. The molecule has 2 fully saturated rings. The van der Waals surface area contributed by atoms with E-state index in [0.29, 0.717) is 53.3 Å². The van der Waals surface area contributed by atoms with Crippen LogP contribution in [0.5, 0.6) is 17.2 Å². The zero-order chi connectivity index (χ0) is 53.4. The number of phenols is 1. The molecule has 388 valence electrons. The van der Waals surface area contributed by atoms with Crippen LogP contribution in [0.1, 0.15) is 81.2 Å². The number of esters is 1. The number of ether oxygens (including phenoxy) is 3. The molecule has 13 heteroatoms. The first-order valence-electron chi connectivity index (χ1n) is 25.9. The van der Waals surface area contributed by atoms with Crippen LogP contribution in [0.15, 0.2) is 176 Å². The van der Waals surface area contributed by atoms with Crippen molar-refractivity contribution in [3.8, 4) is 29.1 Å². The van der Waals surface area contributed by atoms with E-state index in [1.807, 2.05) is 146 Å². The third-order valence-electron chi connectivity index (χ3n) is 15.7. The third-order valence-corrected chi connectivity index (χ3v) is 15.7. The SMILES string of the molecule is COc1cc2c(cc1OC)CN(C(=O)[C@@H]1[C@H]3C(=O)O[C@H](c4ccccc4)[C@H](c4ccccc4)N3[C@H](c3ccc(O)cc3)[C@@]13C(=O)N(C(=O)N[C@H](C)c1ccccc1)c1ccc(C#CCN(C)Cc4ccccc4)cc13)CC2. The highest BCUT2D eigenvalue weighted by molar-refractivity contribution is 6.24. The zero-order valence-electron chi connectivity index (χ0n) is 43.3. The van der Waals surface area contributed by atoms with Gasteiger partial charge in [0, 0.05) is 25.2 Å². The van der Waals surface area contributed by atoms with Crippen LogP contribution >= 0.6 is 0 Å². The summed E-state index contributed by atoms with van der Waals surface area (Å²) in [5.74, 6) is 4.40. The van der Waals surface area contributed by atoms with E-state index in [-0.39, 0.29) is 24.5 Å². The van der Waals surface area contributed by atoms with Crippen molar-refractivity contribution < 1.29 is 38.5 Å². The molecule has 0 aromatic heterocycles. The lowest BCUT2D eigenvalue weighted by molar-refractivity contribution is -0.179. The Labute approximate surface area is 448 Å². The summed E-state index contributed by atoms with van der Waals surface area (Å²) in [5, 5.41) is 14.1. The highest BCUT2D eigenvalue weighted by atomic mass is 16.6. The normalized spacial score (nSPS) is 21.8. The van der Waals surface area contributed by atoms with E-state index in [1.54, 1.807) is 55.5 Å². The van der Waals surface area contributed by atoms with Crippen LogP contribution in [0.4, 0.5) is 10.5 Å². The monoisotopic (exact) mass is 1030 g/mol. The van der Waals surface area contributed by atoms with Crippen molar-refractivity contribution in [2.24, 2.45) is 5.92 Å². The third kappa shape index (κ3) is 9.13. The average molecular weight is 1030 g/mol. The maximum absolute atomic E-state index is 17.0. The fourth-order valence-corrected chi connectivity index (χ4v) is 12.2. The Hall–Kier alpha value is -8.70. The number of hydrogen-bond acceptors (Lipinski definition) is 10. The van der Waals surface area contributed by atoms with Gasteiger partial charge >= 0.3 is 12.0 Å². The molecule has 0 radical (unpaired) electrons. The summed E-state index contributed by atoms with van der Waals surface area (Å²) in [6.45, 7) is 3.30. The molecule has 0 unspecified atom stereocenters. The Morgan fingerprint density at radius 1 is 0.766 bits per heavy atom. The van der Waals surface area contributed by atoms with Crippen molar-refractivity contribution in [3.63, 3.8) is 0 Å². The first-order chi connectivity index (χ1) is 37.5. The van der Waals surface area contributed by atoms with Gasteiger partial charge in [-0.2, -0.15) is 0 Å². The van der Waals surface area contributed by atoms with E-state index >= 15 is 19.2 Å². The molecule has 0 aliphatic carbocycles. The van der Waals surface area contributed by atoms with E-state index in [2.05, 4.69) is 34.2 Å². The maximum Gasteiger partial charge on any atom is 0.329 e. The minimum Gasteiger partial charge on any atom is -0.508 e. The Kier molecular flexibility index (Phi) is 13.9. The topological polar surface area (TPSA) is 141 Å². The minimum absolute atomic E-state index is 0.0207. The Morgan fingerprint density at radius 3 is 2.05 bits per heavy atom. The van der Waals surface area contributed by atoms with Crippen LogP contribution in [0.2, 0.25) is 0 Å².